The number of aromatic nitrogens is 6. The molecule has 0 aliphatic carbocycles. The second-order valence-corrected chi connectivity index (χ2v) is 21.6. The number of benzene rings is 9. The zero-order chi connectivity index (χ0) is 57.0. The van der Waals surface area contributed by atoms with Crippen molar-refractivity contribution in [2.45, 2.75) is 73.7 Å². The van der Waals surface area contributed by atoms with Gasteiger partial charge in [0.2, 0.25) is 0 Å². The van der Waals surface area contributed by atoms with Crippen LogP contribution < -0.4 is 14.2 Å². The van der Waals surface area contributed by atoms with Crippen LogP contribution in [0.5, 0.6) is 17.2 Å². The van der Waals surface area contributed by atoms with Crippen LogP contribution in [0.25, 0.3) is 51.2 Å². The first-order chi connectivity index (χ1) is 40.4. The summed E-state index contributed by atoms with van der Waals surface area (Å²) in [7, 11) is 0. The van der Waals surface area contributed by atoms with Crippen LogP contribution in [-0.4, -0.2) is 28.7 Å². The Morgan fingerprint density at radius 1 is 0.369 bits per heavy atom. The van der Waals surface area contributed by atoms with Crippen molar-refractivity contribution in [1.82, 2.24) is 28.7 Å². The maximum Gasteiger partial charge on any atom is 3.00 e. The normalized spacial score (nSPS) is 11.3. The van der Waals surface area contributed by atoms with Gasteiger partial charge in [-0.3, -0.25) is 15.0 Å². The third-order valence-electron chi connectivity index (χ3n) is 15.6. The maximum absolute atomic E-state index is 6.41. The molecule has 9 nitrogen and oxygen atoms in total. The molecular formula is C74H63IrN6O3. The van der Waals surface area contributed by atoms with Crippen LogP contribution in [0.2, 0.25) is 0 Å². The smallest absolute Gasteiger partial charge is 0.498 e. The van der Waals surface area contributed by atoms with Gasteiger partial charge in [-0.05, 0) is 136 Å². The number of hydrogen-bond donors (Lipinski definition) is 0. The van der Waals surface area contributed by atoms with Crippen molar-refractivity contribution in [3.05, 3.63) is 304 Å². The minimum atomic E-state index is -0.565. The van der Waals surface area contributed by atoms with E-state index in [2.05, 4.69) is 244 Å². The molecule has 0 aliphatic heterocycles. The minimum absolute atomic E-state index is 0. The number of aryl methyl sites for hydroxylation is 6. The monoisotopic (exact) mass is 1280 g/mol. The molecule has 3 heterocycles. The van der Waals surface area contributed by atoms with Gasteiger partial charge in [0, 0.05) is 59.7 Å². The van der Waals surface area contributed by atoms with E-state index in [1.165, 1.54) is 33.4 Å². The van der Waals surface area contributed by atoms with E-state index in [1.807, 2.05) is 55.4 Å². The summed E-state index contributed by atoms with van der Waals surface area (Å²) in [6, 6.07) is 73.5. The van der Waals surface area contributed by atoms with E-state index >= 15 is 0 Å². The molecule has 0 saturated carbocycles. The van der Waals surface area contributed by atoms with Crippen LogP contribution >= 0.6 is 0 Å². The molecule has 0 N–H and O–H groups in total. The van der Waals surface area contributed by atoms with Crippen molar-refractivity contribution in [2.75, 3.05) is 0 Å². The molecule has 0 unspecified atom stereocenters. The molecule has 416 valence electrons. The molecule has 12 rings (SSSR count). The summed E-state index contributed by atoms with van der Waals surface area (Å²) in [6.07, 6.45) is 11.5. The van der Waals surface area contributed by atoms with Crippen LogP contribution in [0.15, 0.2) is 219 Å². The second kappa shape index (κ2) is 24.6. The van der Waals surface area contributed by atoms with Gasteiger partial charge in [-0.25, -0.2) is 0 Å². The Bertz CT molecular complexity index is 3770. The van der Waals surface area contributed by atoms with E-state index < -0.39 is 5.41 Å². The summed E-state index contributed by atoms with van der Waals surface area (Å²) >= 11 is 0. The molecule has 0 atom stereocenters. The van der Waals surface area contributed by atoms with E-state index in [0.29, 0.717) is 19.8 Å². The van der Waals surface area contributed by atoms with Crippen LogP contribution in [-0.2, 0) is 45.3 Å². The van der Waals surface area contributed by atoms with Crippen molar-refractivity contribution in [1.29, 1.82) is 0 Å². The standard InChI is InChI=1S/C74H63N6O3.Ir/c1-50-8-35-68(53(4)44-50)78-41-38-75-71(78)59-17-11-56(12-18-59)47-81-65-29-23-62(24-30-65)74(7,63-25-31-66(32-26-63)82-48-57-13-19-60(20-14-57)72-76-39-42-79(72)69-36-9-51(2)45-54(69)5)64-27-33-67(34-28-64)83-49-58-15-21-61(22-16-58)73-77-40-43-80(73)70-37-10-52(3)46-55(70)6;/h8-17,19,21,23-46H,47-49H2,1-7H3;/q-3;+3. The molecule has 0 spiro atoms. The topological polar surface area (TPSA) is 81.2 Å². The summed E-state index contributed by atoms with van der Waals surface area (Å²) in [5.41, 5.74) is 19.1. The van der Waals surface area contributed by atoms with Crippen molar-refractivity contribution >= 4 is 0 Å². The van der Waals surface area contributed by atoms with Gasteiger partial charge in [0.05, 0.1) is 37.3 Å². The summed E-state index contributed by atoms with van der Waals surface area (Å²) in [5.74, 6) is 4.84. The van der Waals surface area contributed by atoms with Gasteiger partial charge in [-0.15, -0.1) is 89.5 Å². The van der Waals surface area contributed by atoms with Gasteiger partial charge >= 0.3 is 20.1 Å². The van der Waals surface area contributed by atoms with Crippen LogP contribution in [0, 0.1) is 59.7 Å². The average Bonchev–Trinajstić information content (AvgIpc) is 4.42. The molecule has 10 heteroatoms. The quantitative estimate of drug-likeness (QED) is 0.0629. The van der Waals surface area contributed by atoms with Gasteiger partial charge in [0.15, 0.2) is 0 Å². The van der Waals surface area contributed by atoms with Gasteiger partial charge in [0.25, 0.3) is 0 Å². The zero-order valence-electron chi connectivity index (χ0n) is 48.1. The molecule has 0 fully saturated rings. The number of ether oxygens (including phenoxy) is 3. The van der Waals surface area contributed by atoms with Gasteiger partial charge < -0.3 is 27.9 Å². The van der Waals surface area contributed by atoms with E-state index in [4.69, 9.17) is 29.2 Å². The van der Waals surface area contributed by atoms with Crippen LogP contribution in [0.1, 0.15) is 73.7 Å². The molecule has 0 aliphatic rings. The first kappa shape index (κ1) is 56.5. The molecule has 0 amide bonds. The molecule has 9 aromatic carbocycles. The Hall–Kier alpha value is -9.34. The Balaban J connectivity index is 0.00000736. The van der Waals surface area contributed by atoms with Crippen molar-refractivity contribution in [3.8, 4) is 68.5 Å². The fraction of sp³-hybridized carbons (Fsp3) is 0.149. The third kappa shape index (κ3) is 12.0. The fourth-order valence-electron chi connectivity index (χ4n) is 11.0. The predicted octanol–water partition coefficient (Wildman–Crippen LogP) is 16.6. The maximum atomic E-state index is 6.41. The van der Waals surface area contributed by atoms with E-state index in [-0.39, 0.29) is 20.1 Å². The van der Waals surface area contributed by atoms with Crippen molar-refractivity contribution in [3.63, 3.8) is 0 Å². The minimum Gasteiger partial charge on any atom is -0.498 e. The largest absolute Gasteiger partial charge is 3.00 e. The number of nitrogens with zero attached hydrogens (tertiary/aromatic N) is 6. The number of hydrogen-bond acceptors (Lipinski definition) is 6. The SMILES string of the molecule is Cc1ccc(-n2ccnc2-c2[c-]cc(COc3ccc(C(C)(c4ccc(OCc5c[c-]c(-c6nccn6-c6ccc(C)cc6C)cc5)cc4)c4ccc(OCc5c[c-]c(-c6nccn6-c6ccc(C)cc6C)cc5)cc4)cc3)cc2)c(C)c1.[Ir+3]. The summed E-state index contributed by atoms with van der Waals surface area (Å²) in [6.45, 7) is 16.2. The Morgan fingerprint density at radius 3 is 0.905 bits per heavy atom. The predicted molar refractivity (Wildman–Crippen MR) is 330 cm³/mol. The first-order valence-electron chi connectivity index (χ1n) is 28.0. The van der Waals surface area contributed by atoms with Gasteiger partial charge in [-0.2, -0.15) is 0 Å². The molecule has 3 aromatic heterocycles. The Kier molecular flexibility index (Phi) is 16.6. The van der Waals surface area contributed by atoms with Crippen LogP contribution in [0.3, 0.4) is 0 Å². The van der Waals surface area contributed by atoms with E-state index in [9.17, 15) is 0 Å². The summed E-state index contributed by atoms with van der Waals surface area (Å²) < 4.78 is 25.6. The Labute approximate surface area is 506 Å². The molecule has 84 heavy (non-hydrogen) atoms. The zero-order valence-corrected chi connectivity index (χ0v) is 50.5. The van der Waals surface area contributed by atoms with E-state index in [0.717, 1.165) is 102 Å². The van der Waals surface area contributed by atoms with Crippen molar-refractivity contribution in [2.24, 2.45) is 0 Å². The van der Waals surface area contributed by atoms with Gasteiger partial charge in [-0.1, -0.05) is 106 Å². The van der Waals surface area contributed by atoms with Crippen LogP contribution in [0.4, 0.5) is 0 Å². The summed E-state index contributed by atoms with van der Waals surface area (Å²) in [4.78, 5) is 14.1. The Morgan fingerprint density at radius 2 is 0.655 bits per heavy atom. The van der Waals surface area contributed by atoms with E-state index in [1.54, 1.807) is 0 Å². The van der Waals surface area contributed by atoms with Gasteiger partial charge in [0.1, 0.15) is 17.2 Å². The number of imidazole rings is 3. The fourth-order valence-corrected chi connectivity index (χ4v) is 11.0. The third-order valence-corrected chi connectivity index (χ3v) is 15.6. The molecule has 0 radical (unpaired) electrons. The number of rotatable bonds is 18. The van der Waals surface area contributed by atoms with Crippen molar-refractivity contribution < 1.29 is 34.3 Å². The molecule has 0 saturated heterocycles. The molecular weight excluding hydrogens is 1210 g/mol. The molecule has 12 aromatic rings. The second-order valence-electron chi connectivity index (χ2n) is 21.6. The average molecular weight is 1280 g/mol. The summed E-state index contributed by atoms with van der Waals surface area (Å²) in [5, 5.41) is 0. The first-order valence-corrected chi connectivity index (χ1v) is 28.0. The molecule has 0 bridgehead atoms.